The fourth-order valence-electron chi connectivity index (χ4n) is 5.89. The zero-order chi connectivity index (χ0) is 21.9. The number of carbonyl (C=O) groups excluding carboxylic acids is 1. The lowest BCUT2D eigenvalue weighted by Gasteiger charge is -2.60. The maximum atomic E-state index is 13.9. The summed E-state index contributed by atoms with van der Waals surface area (Å²) < 4.78 is 0. The van der Waals surface area contributed by atoms with Gasteiger partial charge in [-0.2, -0.15) is 0 Å². The molecule has 7 nitrogen and oxygen atoms in total. The predicted molar refractivity (Wildman–Crippen MR) is 121 cm³/mol. The highest BCUT2D eigenvalue weighted by Gasteiger charge is 2.69. The van der Waals surface area contributed by atoms with Crippen LogP contribution >= 0.6 is 11.6 Å². The van der Waals surface area contributed by atoms with Gasteiger partial charge in [-0.1, -0.05) is 11.6 Å². The fraction of sp³-hybridized carbons (Fsp3) is 0.375. The largest absolute Gasteiger partial charge is 0.365 e. The number of amides is 1. The van der Waals surface area contributed by atoms with Gasteiger partial charge < -0.3 is 10.2 Å². The molecule has 3 fully saturated rings. The standard InChI is InChI=1S/C24H23ClN6O/c1-14-9-17(20(29-11-14)22-26-7-2-8-27-22)23(32)31-13-15-5-6-24(15)10-18(21(24)31)30-19-4-3-16(25)12-28-19/h2-4,7-9,11-12,15,18,21H,5-6,10,13H2,1H3,(H,28,30). The van der Waals surface area contributed by atoms with E-state index in [1.54, 1.807) is 30.9 Å². The number of nitrogens with zero attached hydrogens (tertiary/aromatic N) is 5. The van der Waals surface area contributed by atoms with E-state index in [-0.39, 0.29) is 23.4 Å². The maximum absolute atomic E-state index is 13.9. The Morgan fingerprint density at radius 1 is 1.19 bits per heavy atom. The van der Waals surface area contributed by atoms with Crippen molar-refractivity contribution in [3.05, 3.63) is 65.2 Å². The number of carbonyl (C=O) groups is 1. The Labute approximate surface area is 191 Å². The zero-order valence-corrected chi connectivity index (χ0v) is 18.5. The van der Waals surface area contributed by atoms with E-state index in [9.17, 15) is 4.79 Å². The van der Waals surface area contributed by atoms with Crippen LogP contribution in [0.1, 0.15) is 35.2 Å². The van der Waals surface area contributed by atoms with Crippen molar-refractivity contribution in [1.82, 2.24) is 24.8 Å². The second-order valence-electron chi connectivity index (χ2n) is 9.17. The molecule has 4 atom stereocenters. The number of anilines is 1. The van der Waals surface area contributed by atoms with Crippen LogP contribution in [0.15, 0.2) is 49.1 Å². The quantitative estimate of drug-likeness (QED) is 0.652. The third kappa shape index (κ3) is 2.91. The molecule has 0 aromatic carbocycles. The van der Waals surface area contributed by atoms with Gasteiger partial charge in [-0.3, -0.25) is 9.78 Å². The van der Waals surface area contributed by atoms with Gasteiger partial charge in [-0.05, 0) is 67.3 Å². The van der Waals surface area contributed by atoms with Crippen LogP contribution in [0, 0.1) is 18.3 Å². The van der Waals surface area contributed by atoms with Crippen molar-refractivity contribution in [3.8, 4) is 11.5 Å². The van der Waals surface area contributed by atoms with Crippen LogP contribution in [0.25, 0.3) is 11.5 Å². The molecule has 1 spiro atoms. The molecule has 2 saturated carbocycles. The second kappa shape index (κ2) is 7.24. The van der Waals surface area contributed by atoms with Gasteiger partial charge in [0.1, 0.15) is 11.5 Å². The number of aryl methyl sites for hydroxylation is 1. The smallest absolute Gasteiger partial charge is 0.256 e. The lowest BCUT2D eigenvalue weighted by atomic mass is 9.47. The zero-order valence-electron chi connectivity index (χ0n) is 17.7. The third-order valence-electron chi connectivity index (χ3n) is 7.45. The summed E-state index contributed by atoms with van der Waals surface area (Å²) >= 11 is 5.99. The van der Waals surface area contributed by atoms with E-state index in [2.05, 4.69) is 30.2 Å². The molecule has 1 aliphatic heterocycles. The summed E-state index contributed by atoms with van der Waals surface area (Å²) in [7, 11) is 0. The topological polar surface area (TPSA) is 83.9 Å². The molecule has 8 heteroatoms. The van der Waals surface area contributed by atoms with Gasteiger partial charge in [0.25, 0.3) is 5.91 Å². The van der Waals surface area contributed by atoms with E-state index >= 15 is 0 Å². The lowest BCUT2D eigenvalue weighted by Crippen LogP contribution is -2.66. The normalized spacial score (nSPS) is 27.7. The molecule has 1 amide bonds. The van der Waals surface area contributed by atoms with Gasteiger partial charge in [0, 0.05) is 37.4 Å². The first-order chi connectivity index (χ1) is 15.5. The number of hydrogen-bond donors (Lipinski definition) is 1. The molecule has 3 aromatic heterocycles. The number of likely N-dealkylation sites (tertiary alicyclic amines) is 1. The molecular weight excluding hydrogens is 424 g/mol. The summed E-state index contributed by atoms with van der Waals surface area (Å²) in [5.41, 5.74) is 2.29. The van der Waals surface area contributed by atoms with Gasteiger partial charge >= 0.3 is 0 Å². The fourth-order valence-corrected chi connectivity index (χ4v) is 6.00. The van der Waals surface area contributed by atoms with Crippen molar-refractivity contribution in [3.63, 3.8) is 0 Å². The average Bonchev–Trinajstić information content (AvgIpc) is 2.96. The summed E-state index contributed by atoms with van der Waals surface area (Å²) in [5.74, 6) is 1.85. The van der Waals surface area contributed by atoms with Crippen molar-refractivity contribution >= 4 is 23.3 Å². The highest BCUT2D eigenvalue weighted by molar-refractivity contribution is 6.30. The molecule has 6 rings (SSSR count). The van der Waals surface area contributed by atoms with Crippen LogP contribution in [0.3, 0.4) is 0 Å². The van der Waals surface area contributed by atoms with Crippen molar-refractivity contribution in [2.45, 2.75) is 38.3 Å². The van der Waals surface area contributed by atoms with E-state index in [0.717, 1.165) is 24.3 Å². The first kappa shape index (κ1) is 19.6. The molecule has 4 unspecified atom stereocenters. The third-order valence-corrected chi connectivity index (χ3v) is 7.67. The molecule has 3 aromatic rings. The van der Waals surface area contributed by atoms with E-state index in [1.165, 1.54) is 12.8 Å². The monoisotopic (exact) mass is 446 g/mol. The number of hydrogen-bond acceptors (Lipinski definition) is 6. The number of nitrogens with one attached hydrogen (secondary N) is 1. The minimum absolute atomic E-state index is 0.0120. The Balaban J connectivity index is 1.33. The molecule has 3 aliphatic rings. The van der Waals surface area contributed by atoms with Crippen LogP contribution in [-0.2, 0) is 0 Å². The lowest BCUT2D eigenvalue weighted by molar-refractivity contribution is -0.0528. The van der Waals surface area contributed by atoms with E-state index in [0.29, 0.717) is 28.0 Å². The average molecular weight is 447 g/mol. The van der Waals surface area contributed by atoms with Crippen LogP contribution in [-0.4, -0.2) is 49.4 Å². The summed E-state index contributed by atoms with van der Waals surface area (Å²) in [5, 5.41) is 4.16. The van der Waals surface area contributed by atoms with E-state index < -0.39 is 0 Å². The number of halogens is 1. The molecule has 1 saturated heterocycles. The molecule has 0 bridgehead atoms. The van der Waals surface area contributed by atoms with Crippen molar-refractivity contribution < 1.29 is 4.79 Å². The Bertz CT molecular complexity index is 1190. The Hall–Kier alpha value is -3.06. The van der Waals surface area contributed by atoms with Crippen molar-refractivity contribution in [1.29, 1.82) is 0 Å². The van der Waals surface area contributed by atoms with Crippen LogP contribution in [0.2, 0.25) is 5.02 Å². The molecule has 32 heavy (non-hydrogen) atoms. The number of aromatic nitrogens is 4. The first-order valence-corrected chi connectivity index (χ1v) is 11.4. The van der Waals surface area contributed by atoms with Gasteiger partial charge in [-0.15, -0.1) is 0 Å². The summed E-state index contributed by atoms with van der Waals surface area (Å²) in [4.78, 5) is 33.6. The molecule has 0 radical (unpaired) electrons. The van der Waals surface area contributed by atoms with Crippen molar-refractivity contribution in [2.24, 2.45) is 11.3 Å². The molecular formula is C24H23ClN6O. The number of rotatable bonds is 4. The van der Waals surface area contributed by atoms with Crippen LogP contribution < -0.4 is 5.32 Å². The maximum Gasteiger partial charge on any atom is 0.256 e. The van der Waals surface area contributed by atoms with Crippen LogP contribution in [0.5, 0.6) is 0 Å². The highest BCUT2D eigenvalue weighted by atomic mass is 35.5. The Morgan fingerprint density at radius 3 is 2.75 bits per heavy atom. The van der Waals surface area contributed by atoms with Gasteiger partial charge in [0.15, 0.2) is 5.82 Å². The van der Waals surface area contributed by atoms with E-state index in [1.807, 2.05) is 25.1 Å². The van der Waals surface area contributed by atoms with Gasteiger partial charge in [0.2, 0.25) is 0 Å². The van der Waals surface area contributed by atoms with Gasteiger partial charge in [-0.25, -0.2) is 15.0 Å². The summed E-state index contributed by atoms with van der Waals surface area (Å²) in [6, 6.07) is 7.72. The molecule has 1 N–H and O–H groups in total. The highest BCUT2D eigenvalue weighted by Crippen LogP contribution is 2.66. The SMILES string of the molecule is Cc1cnc(-c2ncccn2)c(C(=O)N2CC3CCC34CC(Nc3ccc(Cl)cn3)C24)c1. The Morgan fingerprint density at radius 2 is 2.03 bits per heavy atom. The van der Waals surface area contributed by atoms with E-state index in [4.69, 9.17) is 11.6 Å². The first-order valence-electron chi connectivity index (χ1n) is 11.0. The van der Waals surface area contributed by atoms with Crippen molar-refractivity contribution in [2.75, 3.05) is 11.9 Å². The molecule has 162 valence electrons. The summed E-state index contributed by atoms with van der Waals surface area (Å²) in [6.45, 7) is 2.74. The molecule has 4 heterocycles. The predicted octanol–water partition coefficient (Wildman–Crippen LogP) is 4.00. The minimum atomic E-state index is 0.0120. The number of pyridine rings is 2. The minimum Gasteiger partial charge on any atom is -0.365 e. The summed E-state index contributed by atoms with van der Waals surface area (Å²) in [6.07, 6.45) is 10.2. The second-order valence-corrected chi connectivity index (χ2v) is 9.61. The molecule has 2 aliphatic carbocycles. The van der Waals surface area contributed by atoms with Gasteiger partial charge in [0.05, 0.1) is 16.6 Å². The Kier molecular flexibility index (Phi) is 4.43. The van der Waals surface area contributed by atoms with Crippen LogP contribution in [0.4, 0.5) is 5.82 Å².